The molecule has 1 fully saturated rings. The fraction of sp³-hybridized carbons (Fsp3) is 0.250. The number of aromatic nitrogens is 2. The quantitative estimate of drug-likeness (QED) is 0.272. The molecule has 1 aliphatic heterocycles. The van der Waals surface area contributed by atoms with Gasteiger partial charge in [-0.15, -0.1) is 0 Å². The van der Waals surface area contributed by atoms with Crippen LogP contribution in [0.25, 0.3) is 0 Å². The van der Waals surface area contributed by atoms with Gasteiger partial charge in [0.2, 0.25) is 5.91 Å². The molecule has 11 heteroatoms. The van der Waals surface area contributed by atoms with Crippen LogP contribution in [-0.2, 0) is 4.79 Å². The van der Waals surface area contributed by atoms with Gasteiger partial charge in [0, 0.05) is 37.4 Å². The number of anilines is 2. The summed E-state index contributed by atoms with van der Waals surface area (Å²) >= 11 is 13.6. The molecule has 1 aromatic heterocycles. The molecule has 182 valence electrons. The highest BCUT2D eigenvalue weighted by molar-refractivity contribution is 7.99. The molecule has 1 saturated heterocycles. The molecule has 3 aromatic rings. The maximum Gasteiger partial charge on any atom is 0.255 e. The third-order valence-corrected chi connectivity index (χ3v) is 6.81. The van der Waals surface area contributed by atoms with Crippen LogP contribution in [0.2, 0.25) is 10.2 Å². The van der Waals surface area contributed by atoms with Crippen molar-refractivity contribution >= 4 is 58.3 Å². The van der Waals surface area contributed by atoms with Crippen molar-refractivity contribution in [3.63, 3.8) is 0 Å². The zero-order valence-corrected chi connectivity index (χ0v) is 21.1. The zero-order valence-electron chi connectivity index (χ0n) is 18.7. The number of piperazine rings is 1. The number of hydrogen-bond acceptors (Lipinski definition) is 6. The molecule has 0 spiro atoms. The Hall–Kier alpha value is -2.88. The number of carbonyl (C=O) groups excluding carboxylic acids is 2. The van der Waals surface area contributed by atoms with Crippen LogP contribution in [0.3, 0.4) is 0 Å². The maximum absolute atomic E-state index is 13.0. The van der Waals surface area contributed by atoms with Gasteiger partial charge < -0.3 is 15.1 Å². The lowest BCUT2D eigenvalue weighted by atomic mass is 10.1. The number of benzene rings is 2. The summed E-state index contributed by atoms with van der Waals surface area (Å²) < 4.78 is 13.0. The van der Waals surface area contributed by atoms with E-state index in [-0.39, 0.29) is 34.6 Å². The number of rotatable bonds is 6. The van der Waals surface area contributed by atoms with Gasteiger partial charge in [0.25, 0.3) is 5.91 Å². The van der Waals surface area contributed by atoms with E-state index in [1.807, 2.05) is 11.8 Å². The Morgan fingerprint density at radius 3 is 2.57 bits per heavy atom. The Labute approximate surface area is 216 Å². The van der Waals surface area contributed by atoms with Crippen molar-refractivity contribution in [1.29, 1.82) is 0 Å². The minimum absolute atomic E-state index is 0.0632. The number of halogens is 3. The Kier molecular flexibility index (Phi) is 8.10. The van der Waals surface area contributed by atoms with Crippen molar-refractivity contribution in [2.45, 2.75) is 18.1 Å². The van der Waals surface area contributed by atoms with Crippen molar-refractivity contribution < 1.29 is 14.0 Å². The summed E-state index contributed by atoms with van der Waals surface area (Å²) in [5.74, 6) is -0.0593. The van der Waals surface area contributed by atoms with E-state index in [1.54, 1.807) is 35.2 Å². The molecule has 2 heterocycles. The van der Waals surface area contributed by atoms with Crippen LogP contribution in [0.5, 0.6) is 0 Å². The van der Waals surface area contributed by atoms with Gasteiger partial charge in [-0.2, -0.15) is 0 Å². The number of nitrogens with one attached hydrogen (secondary N) is 1. The molecule has 1 N–H and O–H groups in total. The number of amides is 2. The van der Waals surface area contributed by atoms with Crippen LogP contribution in [-0.4, -0.2) is 58.1 Å². The predicted molar refractivity (Wildman–Crippen MR) is 137 cm³/mol. The van der Waals surface area contributed by atoms with E-state index in [1.165, 1.54) is 24.3 Å². The highest BCUT2D eigenvalue weighted by Gasteiger charge is 2.30. The third-order valence-electron chi connectivity index (χ3n) is 5.44. The number of thioether (sulfide) groups is 1. The van der Waals surface area contributed by atoms with Crippen LogP contribution in [0, 0.1) is 5.82 Å². The Morgan fingerprint density at radius 1 is 1.11 bits per heavy atom. The standard InChI is InChI=1S/C24H22Cl2FN5O2S/c1-15-13-31(10-11-32(15)23(34)18-4-2-3-5-19(18)25)21-12-20(26)29-24(30-21)35-14-22(33)28-17-8-6-16(27)7-9-17/h2-9,12,15H,10-11,13-14H2,1H3,(H,28,33). The van der Waals surface area contributed by atoms with Crippen LogP contribution < -0.4 is 10.2 Å². The summed E-state index contributed by atoms with van der Waals surface area (Å²) in [6.45, 7) is 3.58. The summed E-state index contributed by atoms with van der Waals surface area (Å²) in [4.78, 5) is 37.9. The van der Waals surface area contributed by atoms with Crippen molar-refractivity contribution in [3.8, 4) is 0 Å². The first-order valence-electron chi connectivity index (χ1n) is 10.8. The number of carbonyl (C=O) groups is 2. The molecule has 2 amide bonds. The molecule has 1 atom stereocenters. The highest BCUT2D eigenvalue weighted by atomic mass is 35.5. The first-order valence-corrected chi connectivity index (χ1v) is 12.6. The Balaban J connectivity index is 1.38. The van der Waals surface area contributed by atoms with E-state index in [4.69, 9.17) is 23.2 Å². The van der Waals surface area contributed by atoms with Crippen molar-refractivity contribution in [3.05, 3.63) is 76.2 Å². The third kappa shape index (κ3) is 6.42. The van der Waals surface area contributed by atoms with Crippen molar-refractivity contribution in [1.82, 2.24) is 14.9 Å². The molecular formula is C24H22Cl2FN5O2S. The average Bonchev–Trinajstić information content (AvgIpc) is 2.84. The molecule has 0 aliphatic carbocycles. The van der Waals surface area contributed by atoms with Crippen molar-refractivity contribution in [2.75, 3.05) is 35.6 Å². The van der Waals surface area contributed by atoms with Crippen LogP contribution in [0.15, 0.2) is 59.8 Å². The SMILES string of the molecule is CC1CN(c2cc(Cl)nc(SCC(=O)Nc3ccc(F)cc3)n2)CCN1C(=O)c1ccccc1Cl. The van der Waals surface area contributed by atoms with E-state index in [0.717, 1.165) is 11.8 Å². The van der Waals surface area contributed by atoms with Gasteiger partial charge in [0.1, 0.15) is 16.8 Å². The van der Waals surface area contributed by atoms with Crippen LogP contribution >= 0.6 is 35.0 Å². The van der Waals surface area contributed by atoms with Gasteiger partial charge in [0.05, 0.1) is 16.3 Å². The van der Waals surface area contributed by atoms with E-state index in [9.17, 15) is 14.0 Å². The van der Waals surface area contributed by atoms with E-state index < -0.39 is 0 Å². The molecule has 35 heavy (non-hydrogen) atoms. The Morgan fingerprint density at radius 2 is 1.86 bits per heavy atom. The summed E-state index contributed by atoms with van der Waals surface area (Å²) in [6.07, 6.45) is 0. The lowest BCUT2D eigenvalue weighted by Crippen LogP contribution is -2.54. The molecule has 7 nitrogen and oxygen atoms in total. The number of nitrogens with zero attached hydrogens (tertiary/aromatic N) is 4. The second-order valence-electron chi connectivity index (χ2n) is 7.95. The first-order chi connectivity index (χ1) is 16.8. The largest absolute Gasteiger partial charge is 0.353 e. The van der Waals surface area contributed by atoms with Crippen LogP contribution in [0.4, 0.5) is 15.9 Å². The monoisotopic (exact) mass is 533 g/mol. The summed E-state index contributed by atoms with van der Waals surface area (Å²) in [6, 6.07) is 14.1. The highest BCUT2D eigenvalue weighted by Crippen LogP contribution is 2.26. The van der Waals surface area contributed by atoms with E-state index in [0.29, 0.717) is 46.9 Å². The lowest BCUT2D eigenvalue weighted by Gasteiger charge is -2.40. The molecule has 0 bridgehead atoms. The van der Waals surface area contributed by atoms with Gasteiger partial charge >= 0.3 is 0 Å². The van der Waals surface area contributed by atoms with E-state index in [2.05, 4.69) is 15.3 Å². The van der Waals surface area contributed by atoms with Crippen LogP contribution in [0.1, 0.15) is 17.3 Å². The van der Waals surface area contributed by atoms with E-state index >= 15 is 0 Å². The van der Waals surface area contributed by atoms with Gasteiger partial charge in [-0.25, -0.2) is 14.4 Å². The maximum atomic E-state index is 13.0. The fourth-order valence-electron chi connectivity index (χ4n) is 3.73. The van der Waals surface area contributed by atoms with Gasteiger partial charge in [-0.05, 0) is 43.3 Å². The minimum atomic E-state index is -0.374. The molecule has 0 saturated carbocycles. The minimum Gasteiger partial charge on any atom is -0.353 e. The smallest absolute Gasteiger partial charge is 0.255 e. The zero-order chi connectivity index (χ0) is 24.9. The first kappa shape index (κ1) is 25.2. The average molecular weight is 534 g/mol. The number of hydrogen-bond donors (Lipinski definition) is 1. The second-order valence-corrected chi connectivity index (χ2v) is 9.69. The molecule has 1 unspecified atom stereocenters. The van der Waals surface area contributed by atoms with Gasteiger partial charge in [-0.1, -0.05) is 47.1 Å². The predicted octanol–water partition coefficient (Wildman–Crippen LogP) is 5.00. The molecule has 1 aliphatic rings. The molecule has 4 rings (SSSR count). The summed E-state index contributed by atoms with van der Waals surface area (Å²) in [7, 11) is 0. The topological polar surface area (TPSA) is 78.4 Å². The van der Waals surface area contributed by atoms with Crippen molar-refractivity contribution in [2.24, 2.45) is 0 Å². The van der Waals surface area contributed by atoms with Gasteiger partial charge in [0.15, 0.2) is 5.16 Å². The Bertz CT molecular complexity index is 1230. The van der Waals surface area contributed by atoms with Gasteiger partial charge in [-0.3, -0.25) is 9.59 Å². The lowest BCUT2D eigenvalue weighted by molar-refractivity contribution is -0.113. The molecular weight excluding hydrogens is 512 g/mol. The fourth-order valence-corrected chi connectivity index (χ4v) is 4.83. The second kappa shape index (κ2) is 11.2. The molecule has 2 aromatic carbocycles. The summed E-state index contributed by atoms with van der Waals surface area (Å²) in [5, 5.41) is 3.76. The normalized spacial score (nSPS) is 15.7. The summed E-state index contributed by atoms with van der Waals surface area (Å²) in [5.41, 5.74) is 0.986. The molecule has 0 radical (unpaired) electrons.